The molecule has 1 aromatic heterocycles. The third-order valence-corrected chi connectivity index (χ3v) is 3.65. The summed E-state index contributed by atoms with van der Waals surface area (Å²) < 4.78 is 0. The van der Waals surface area contributed by atoms with E-state index in [4.69, 9.17) is 10.7 Å². The van der Waals surface area contributed by atoms with Gasteiger partial charge in [0.25, 0.3) is 0 Å². The van der Waals surface area contributed by atoms with Gasteiger partial charge in [-0.1, -0.05) is 26.2 Å². The Morgan fingerprint density at radius 1 is 1.33 bits per heavy atom. The molecule has 0 amide bonds. The Bertz CT molecular complexity index is 372. The number of anilines is 1. The summed E-state index contributed by atoms with van der Waals surface area (Å²) in [5.41, 5.74) is 7.68. The fraction of sp³-hybridized carbons (Fsp3) is 0.714. The van der Waals surface area contributed by atoms with E-state index < -0.39 is 0 Å². The minimum absolute atomic E-state index is 0.576. The molecule has 3 N–H and O–H groups in total. The molecule has 0 aromatic carbocycles. The summed E-state index contributed by atoms with van der Waals surface area (Å²) >= 11 is 0. The molecule has 1 aromatic rings. The lowest BCUT2D eigenvalue weighted by Gasteiger charge is -2.21. The average molecular weight is 248 g/mol. The molecule has 1 aliphatic rings. The zero-order valence-corrected chi connectivity index (χ0v) is 11.3. The van der Waals surface area contributed by atoms with Crippen LogP contribution < -0.4 is 11.1 Å². The lowest BCUT2D eigenvalue weighted by atomic mass is 9.88. The number of nitrogens with zero attached hydrogens (tertiary/aromatic N) is 2. The first kappa shape index (κ1) is 13.3. The molecular weight excluding hydrogens is 224 g/mol. The average Bonchev–Trinajstić information content (AvgIpc) is 2.46. The van der Waals surface area contributed by atoms with Crippen molar-refractivity contribution in [1.29, 1.82) is 0 Å². The van der Waals surface area contributed by atoms with Gasteiger partial charge in [0, 0.05) is 19.0 Å². The van der Waals surface area contributed by atoms with E-state index in [0.29, 0.717) is 12.5 Å². The van der Waals surface area contributed by atoms with Crippen LogP contribution in [0.2, 0.25) is 0 Å². The molecule has 0 aliphatic heterocycles. The summed E-state index contributed by atoms with van der Waals surface area (Å²) in [6.45, 7) is 3.55. The lowest BCUT2D eigenvalue weighted by molar-refractivity contribution is 0.428. The molecule has 18 heavy (non-hydrogen) atoms. The van der Waals surface area contributed by atoms with Crippen LogP contribution >= 0.6 is 0 Å². The first-order chi connectivity index (χ1) is 8.85. The fourth-order valence-electron chi connectivity index (χ4n) is 2.61. The highest BCUT2D eigenvalue weighted by atomic mass is 15.0. The van der Waals surface area contributed by atoms with Crippen molar-refractivity contribution in [3.8, 4) is 0 Å². The van der Waals surface area contributed by atoms with Crippen molar-refractivity contribution in [1.82, 2.24) is 9.97 Å². The zero-order valence-electron chi connectivity index (χ0n) is 11.3. The Balaban J connectivity index is 2.12. The van der Waals surface area contributed by atoms with Gasteiger partial charge < -0.3 is 11.1 Å². The molecule has 0 radical (unpaired) electrons. The SMILES string of the molecule is CCc1nc(C2CCCCC2)ncc1NCCN. The Morgan fingerprint density at radius 3 is 2.78 bits per heavy atom. The van der Waals surface area contributed by atoms with Gasteiger partial charge in [-0.25, -0.2) is 9.97 Å². The second-order valence-electron chi connectivity index (χ2n) is 4.99. The van der Waals surface area contributed by atoms with Gasteiger partial charge in [-0.15, -0.1) is 0 Å². The van der Waals surface area contributed by atoms with E-state index in [0.717, 1.165) is 30.2 Å². The normalized spacial score (nSPS) is 16.8. The van der Waals surface area contributed by atoms with Gasteiger partial charge >= 0.3 is 0 Å². The number of nitrogens with two attached hydrogens (primary N) is 1. The van der Waals surface area contributed by atoms with Crippen LogP contribution in [0.15, 0.2) is 6.20 Å². The fourth-order valence-corrected chi connectivity index (χ4v) is 2.61. The van der Waals surface area contributed by atoms with Gasteiger partial charge in [-0.2, -0.15) is 0 Å². The van der Waals surface area contributed by atoms with Crippen molar-refractivity contribution < 1.29 is 0 Å². The summed E-state index contributed by atoms with van der Waals surface area (Å²) in [6, 6.07) is 0. The lowest BCUT2D eigenvalue weighted by Crippen LogP contribution is -2.16. The molecule has 1 saturated carbocycles. The van der Waals surface area contributed by atoms with Crippen molar-refractivity contribution in [3.63, 3.8) is 0 Å². The summed E-state index contributed by atoms with van der Waals surface area (Å²) in [5.74, 6) is 1.62. The maximum Gasteiger partial charge on any atom is 0.131 e. The summed E-state index contributed by atoms with van der Waals surface area (Å²) in [6.07, 6.45) is 9.39. The Labute approximate surface area is 109 Å². The number of aromatic nitrogens is 2. The van der Waals surface area contributed by atoms with Gasteiger partial charge in [-0.05, 0) is 19.3 Å². The molecule has 0 spiro atoms. The number of rotatable bonds is 5. The van der Waals surface area contributed by atoms with E-state index in [9.17, 15) is 0 Å². The van der Waals surface area contributed by atoms with Gasteiger partial charge in [-0.3, -0.25) is 0 Å². The quantitative estimate of drug-likeness (QED) is 0.840. The van der Waals surface area contributed by atoms with Crippen LogP contribution in [0, 0.1) is 0 Å². The zero-order chi connectivity index (χ0) is 12.8. The highest BCUT2D eigenvalue weighted by molar-refractivity contribution is 5.46. The van der Waals surface area contributed by atoms with E-state index in [1.54, 1.807) is 0 Å². The molecule has 0 unspecified atom stereocenters. The molecule has 1 heterocycles. The van der Waals surface area contributed by atoms with Crippen molar-refractivity contribution in [2.24, 2.45) is 5.73 Å². The van der Waals surface area contributed by atoms with Crippen LogP contribution in [-0.2, 0) is 6.42 Å². The topological polar surface area (TPSA) is 63.8 Å². The predicted octanol–water partition coefficient (Wildman–Crippen LogP) is 2.46. The minimum Gasteiger partial charge on any atom is -0.381 e. The first-order valence-corrected chi connectivity index (χ1v) is 7.15. The minimum atomic E-state index is 0.576. The molecule has 0 saturated heterocycles. The van der Waals surface area contributed by atoms with Crippen LogP contribution in [0.25, 0.3) is 0 Å². The summed E-state index contributed by atoms with van der Waals surface area (Å²) in [5, 5.41) is 3.29. The monoisotopic (exact) mass is 248 g/mol. The first-order valence-electron chi connectivity index (χ1n) is 7.15. The van der Waals surface area contributed by atoms with E-state index in [-0.39, 0.29) is 0 Å². The largest absolute Gasteiger partial charge is 0.381 e. The van der Waals surface area contributed by atoms with Gasteiger partial charge in [0.1, 0.15) is 5.82 Å². The summed E-state index contributed by atoms with van der Waals surface area (Å²) in [7, 11) is 0. The molecule has 4 nitrogen and oxygen atoms in total. The molecular formula is C14H24N4. The number of hydrogen-bond acceptors (Lipinski definition) is 4. The van der Waals surface area contributed by atoms with Crippen molar-refractivity contribution >= 4 is 5.69 Å². The third kappa shape index (κ3) is 3.19. The van der Waals surface area contributed by atoms with Crippen LogP contribution in [0.1, 0.15) is 56.5 Å². The Kier molecular flexibility index (Phi) is 4.93. The highest BCUT2D eigenvalue weighted by Gasteiger charge is 2.19. The molecule has 1 aliphatic carbocycles. The van der Waals surface area contributed by atoms with Gasteiger partial charge in [0.2, 0.25) is 0 Å². The maximum absolute atomic E-state index is 5.51. The standard InChI is InChI=1S/C14H24N4/c1-2-12-13(16-9-8-15)10-17-14(18-12)11-6-4-3-5-7-11/h10-11,16H,2-9,15H2,1H3. The molecule has 0 atom stereocenters. The molecule has 2 rings (SSSR count). The maximum atomic E-state index is 5.51. The van der Waals surface area contributed by atoms with Crippen molar-refractivity contribution in [2.75, 3.05) is 18.4 Å². The van der Waals surface area contributed by atoms with Crippen LogP contribution in [-0.4, -0.2) is 23.1 Å². The Morgan fingerprint density at radius 2 is 2.11 bits per heavy atom. The van der Waals surface area contributed by atoms with Gasteiger partial charge in [0.15, 0.2) is 0 Å². The molecule has 0 bridgehead atoms. The third-order valence-electron chi connectivity index (χ3n) is 3.65. The van der Waals surface area contributed by atoms with Crippen LogP contribution in [0.5, 0.6) is 0 Å². The highest BCUT2D eigenvalue weighted by Crippen LogP contribution is 2.31. The van der Waals surface area contributed by atoms with Gasteiger partial charge in [0.05, 0.1) is 17.6 Å². The smallest absolute Gasteiger partial charge is 0.131 e. The van der Waals surface area contributed by atoms with E-state index in [2.05, 4.69) is 17.2 Å². The second kappa shape index (κ2) is 6.69. The number of nitrogens with one attached hydrogen (secondary N) is 1. The second-order valence-corrected chi connectivity index (χ2v) is 4.99. The molecule has 100 valence electrons. The van der Waals surface area contributed by atoms with E-state index >= 15 is 0 Å². The number of aryl methyl sites for hydroxylation is 1. The molecule has 4 heteroatoms. The van der Waals surface area contributed by atoms with Crippen LogP contribution in [0.4, 0.5) is 5.69 Å². The predicted molar refractivity (Wildman–Crippen MR) is 74.8 cm³/mol. The van der Waals surface area contributed by atoms with Crippen molar-refractivity contribution in [3.05, 3.63) is 17.7 Å². The van der Waals surface area contributed by atoms with Crippen LogP contribution in [0.3, 0.4) is 0 Å². The Hall–Kier alpha value is -1.16. The molecule has 1 fully saturated rings. The van der Waals surface area contributed by atoms with E-state index in [1.807, 2.05) is 6.20 Å². The summed E-state index contributed by atoms with van der Waals surface area (Å²) in [4.78, 5) is 9.30. The van der Waals surface area contributed by atoms with E-state index in [1.165, 1.54) is 32.1 Å². The van der Waals surface area contributed by atoms with Crippen molar-refractivity contribution in [2.45, 2.75) is 51.4 Å². The number of hydrogen-bond donors (Lipinski definition) is 2.